The molecule has 24 heavy (non-hydrogen) atoms. The highest BCUT2D eigenvalue weighted by Crippen LogP contribution is 2.24. The van der Waals surface area contributed by atoms with E-state index >= 15 is 0 Å². The van der Waals surface area contributed by atoms with Crippen LogP contribution in [0.25, 0.3) is 27.9 Å². The number of allylic oxidation sites excluding steroid dienone is 1. The maximum absolute atomic E-state index is 13.4. The number of halogens is 1. The highest BCUT2D eigenvalue weighted by Gasteiger charge is 2.09. The first kappa shape index (κ1) is 15.2. The number of fused-ring (bicyclic) bond motifs is 1. The predicted octanol–water partition coefficient (Wildman–Crippen LogP) is 4.36. The van der Waals surface area contributed by atoms with Gasteiger partial charge in [-0.25, -0.2) is 9.37 Å². The van der Waals surface area contributed by atoms with E-state index in [-0.39, 0.29) is 17.1 Å². The van der Waals surface area contributed by atoms with Crippen molar-refractivity contribution in [2.24, 2.45) is 0 Å². The van der Waals surface area contributed by atoms with Crippen molar-refractivity contribution in [3.8, 4) is 23.4 Å². The van der Waals surface area contributed by atoms with Gasteiger partial charge in [-0.2, -0.15) is 10.5 Å². The van der Waals surface area contributed by atoms with Crippen LogP contribution in [0.3, 0.4) is 0 Å². The van der Waals surface area contributed by atoms with E-state index in [1.165, 1.54) is 12.1 Å². The SMILES string of the molecule is N#CC(C#N)=C(O)c1ccc2ccc(-c3cccc(F)c3)nc2c1. The fourth-order valence-corrected chi connectivity index (χ4v) is 2.35. The van der Waals surface area contributed by atoms with Gasteiger partial charge in [-0.05, 0) is 24.3 Å². The van der Waals surface area contributed by atoms with Crippen LogP contribution in [0.5, 0.6) is 0 Å². The Morgan fingerprint density at radius 3 is 2.46 bits per heavy atom. The van der Waals surface area contributed by atoms with E-state index in [0.717, 1.165) is 5.39 Å². The van der Waals surface area contributed by atoms with Gasteiger partial charge in [0.05, 0.1) is 11.2 Å². The van der Waals surface area contributed by atoms with E-state index in [4.69, 9.17) is 10.5 Å². The predicted molar refractivity (Wildman–Crippen MR) is 87.9 cm³/mol. The zero-order chi connectivity index (χ0) is 17.1. The van der Waals surface area contributed by atoms with Gasteiger partial charge in [-0.1, -0.05) is 30.3 Å². The third-order valence-electron chi connectivity index (χ3n) is 3.55. The van der Waals surface area contributed by atoms with E-state index in [1.807, 2.05) is 6.07 Å². The third kappa shape index (κ3) is 2.79. The van der Waals surface area contributed by atoms with Crippen molar-refractivity contribution in [3.63, 3.8) is 0 Å². The fourth-order valence-electron chi connectivity index (χ4n) is 2.35. The molecular formula is C19H10FN3O. The van der Waals surface area contributed by atoms with Crippen molar-refractivity contribution in [1.29, 1.82) is 10.5 Å². The maximum atomic E-state index is 13.4. The first-order valence-corrected chi connectivity index (χ1v) is 7.03. The summed E-state index contributed by atoms with van der Waals surface area (Å²) in [5.74, 6) is -0.740. The molecule has 0 spiro atoms. The molecule has 0 unspecified atom stereocenters. The molecule has 1 aromatic heterocycles. The largest absolute Gasteiger partial charge is 0.505 e. The van der Waals surface area contributed by atoms with Gasteiger partial charge in [0.1, 0.15) is 18.0 Å². The summed E-state index contributed by atoms with van der Waals surface area (Å²) >= 11 is 0. The molecule has 114 valence electrons. The van der Waals surface area contributed by atoms with Crippen LogP contribution < -0.4 is 0 Å². The molecule has 2 aromatic carbocycles. The quantitative estimate of drug-likeness (QED) is 0.563. The first-order valence-electron chi connectivity index (χ1n) is 7.03. The second-order valence-electron chi connectivity index (χ2n) is 5.06. The second-order valence-corrected chi connectivity index (χ2v) is 5.06. The summed E-state index contributed by atoms with van der Waals surface area (Å²) in [6, 6.07) is 17.9. The van der Waals surface area contributed by atoms with Crippen LogP contribution in [0.4, 0.5) is 4.39 Å². The van der Waals surface area contributed by atoms with Crippen LogP contribution in [-0.2, 0) is 0 Å². The highest BCUT2D eigenvalue weighted by molar-refractivity contribution is 5.85. The summed E-state index contributed by atoms with van der Waals surface area (Å²) < 4.78 is 13.4. The molecule has 0 aliphatic carbocycles. The third-order valence-corrected chi connectivity index (χ3v) is 3.55. The number of aromatic nitrogens is 1. The van der Waals surface area contributed by atoms with Gasteiger partial charge in [0.2, 0.25) is 0 Å². The van der Waals surface area contributed by atoms with E-state index in [1.54, 1.807) is 48.5 Å². The normalized spacial score (nSPS) is 9.96. The summed E-state index contributed by atoms with van der Waals surface area (Å²) in [5.41, 5.74) is 1.75. The molecule has 3 rings (SSSR count). The van der Waals surface area contributed by atoms with E-state index < -0.39 is 0 Å². The lowest BCUT2D eigenvalue weighted by Gasteiger charge is -2.06. The molecule has 1 N–H and O–H groups in total. The number of pyridine rings is 1. The summed E-state index contributed by atoms with van der Waals surface area (Å²) in [5, 5.41) is 28.5. The van der Waals surface area contributed by atoms with Crippen LogP contribution in [0, 0.1) is 28.5 Å². The van der Waals surface area contributed by atoms with Crippen molar-refractivity contribution < 1.29 is 9.50 Å². The van der Waals surface area contributed by atoms with E-state index in [0.29, 0.717) is 22.3 Å². The monoisotopic (exact) mass is 315 g/mol. The molecule has 0 bridgehead atoms. The van der Waals surface area contributed by atoms with Gasteiger partial charge in [0.15, 0.2) is 11.3 Å². The molecule has 5 heteroatoms. The van der Waals surface area contributed by atoms with E-state index in [9.17, 15) is 9.50 Å². The Balaban J connectivity index is 2.15. The van der Waals surface area contributed by atoms with Gasteiger partial charge in [0.25, 0.3) is 0 Å². The first-order chi connectivity index (χ1) is 11.6. The Morgan fingerprint density at radius 1 is 1.00 bits per heavy atom. The van der Waals surface area contributed by atoms with Gasteiger partial charge in [0, 0.05) is 16.5 Å². The van der Waals surface area contributed by atoms with Crippen molar-refractivity contribution in [2.45, 2.75) is 0 Å². The Kier molecular flexibility index (Phi) is 3.93. The number of hydrogen-bond donors (Lipinski definition) is 1. The lowest BCUT2D eigenvalue weighted by atomic mass is 10.1. The summed E-state index contributed by atoms with van der Waals surface area (Å²) in [6.45, 7) is 0. The van der Waals surface area contributed by atoms with Crippen molar-refractivity contribution in [2.75, 3.05) is 0 Å². The smallest absolute Gasteiger partial charge is 0.171 e. The van der Waals surface area contributed by atoms with Crippen LogP contribution in [0.2, 0.25) is 0 Å². The van der Waals surface area contributed by atoms with Crippen LogP contribution >= 0.6 is 0 Å². The zero-order valence-electron chi connectivity index (χ0n) is 12.4. The summed E-state index contributed by atoms with van der Waals surface area (Å²) in [4.78, 5) is 4.47. The Hall–Kier alpha value is -3.70. The lowest BCUT2D eigenvalue weighted by Crippen LogP contribution is -1.91. The topological polar surface area (TPSA) is 80.7 Å². The standard InChI is InChI=1S/C19H10FN3O/c20-16-3-1-2-13(8-16)17-7-6-12-4-5-14(9-18(12)23-17)19(24)15(10-21)11-22/h1-9,24H. The Morgan fingerprint density at radius 2 is 1.75 bits per heavy atom. The molecule has 0 saturated carbocycles. The molecule has 0 saturated heterocycles. The molecule has 0 radical (unpaired) electrons. The van der Waals surface area contributed by atoms with Gasteiger partial charge >= 0.3 is 0 Å². The Labute approximate surface area is 137 Å². The van der Waals surface area contributed by atoms with Crippen molar-refractivity contribution >= 4 is 16.7 Å². The molecule has 0 amide bonds. The average molecular weight is 315 g/mol. The lowest BCUT2D eigenvalue weighted by molar-refractivity contribution is 0.510. The molecular weight excluding hydrogens is 305 g/mol. The number of nitrogens with zero attached hydrogens (tertiary/aromatic N) is 3. The number of benzene rings is 2. The van der Waals surface area contributed by atoms with E-state index in [2.05, 4.69) is 4.98 Å². The van der Waals surface area contributed by atoms with Crippen molar-refractivity contribution in [1.82, 2.24) is 4.98 Å². The number of aliphatic hydroxyl groups excluding tert-OH is 1. The van der Waals surface area contributed by atoms with Crippen LogP contribution in [-0.4, -0.2) is 10.1 Å². The Bertz CT molecular complexity index is 1040. The van der Waals surface area contributed by atoms with Gasteiger partial charge < -0.3 is 5.11 Å². The molecule has 4 nitrogen and oxygen atoms in total. The number of aliphatic hydroxyl groups is 1. The summed E-state index contributed by atoms with van der Waals surface area (Å²) in [6.07, 6.45) is 0. The van der Waals surface area contributed by atoms with Gasteiger partial charge in [-0.3, -0.25) is 0 Å². The number of rotatable bonds is 2. The van der Waals surface area contributed by atoms with Gasteiger partial charge in [-0.15, -0.1) is 0 Å². The number of hydrogen-bond acceptors (Lipinski definition) is 4. The zero-order valence-corrected chi connectivity index (χ0v) is 12.4. The molecule has 1 heterocycles. The number of nitriles is 2. The summed E-state index contributed by atoms with van der Waals surface area (Å²) in [7, 11) is 0. The molecule has 0 atom stereocenters. The molecule has 0 fully saturated rings. The molecule has 0 aliphatic rings. The molecule has 0 aliphatic heterocycles. The minimum atomic E-state index is -0.389. The highest BCUT2D eigenvalue weighted by atomic mass is 19.1. The van der Waals surface area contributed by atoms with Crippen LogP contribution in [0.15, 0.2) is 60.2 Å². The average Bonchev–Trinajstić information content (AvgIpc) is 2.61. The minimum absolute atomic E-state index is 0.324. The van der Waals surface area contributed by atoms with Crippen LogP contribution in [0.1, 0.15) is 5.56 Å². The van der Waals surface area contributed by atoms with Crippen molar-refractivity contribution in [3.05, 3.63) is 71.6 Å². The second kappa shape index (κ2) is 6.20. The maximum Gasteiger partial charge on any atom is 0.171 e. The minimum Gasteiger partial charge on any atom is -0.505 e. The fraction of sp³-hybridized carbons (Fsp3) is 0. The molecule has 3 aromatic rings.